The van der Waals surface area contributed by atoms with Gasteiger partial charge in [-0.1, -0.05) is 47.6 Å². The highest BCUT2D eigenvalue weighted by molar-refractivity contribution is 7.91. The van der Waals surface area contributed by atoms with Crippen molar-refractivity contribution in [3.8, 4) is 5.75 Å². The Hall–Kier alpha value is -4.52. The number of hydrogen-bond acceptors (Lipinski definition) is 9. The normalized spacial score (nSPS) is 14.2. The molecule has 3 aromatic carbocycles. The van der Waals surface area contributed by atoms with Crippen molar-refractivity contribution in [1.82, 2.24) is 20.5 Å². The lowest BCUT2D eigenvalue weighted by molar-refractivity contribution is -0.261. The SMILES string of the molecule is COc1ccc(S(=O)(=O)c2cc(CN(NC(=O)CC3CCN(C(=O)OCCc4cccc5ccccc45)CC3)OC(C)(C)C)ccn2)cc1. The number of sulfone groups is 1. The molecule has 1 aromatic heterocycles. The van der Waals surface area contributed by atoms with Crippen LogP contribution < -0.4 is 10.2 Å². The number of hydroxylamine groups is 1. The quantitative estimate of drug-likeness (QED) is 0.175. The van der Waals surface area contributed by atoms with E-state index >= 15 is 0 Å². The maximum Gasteiger partial charge on any atom is 0.409 e. The number of aromatic nitrogens is 1. The number of fused-ring (bicyclic) bond motifs is 1. The second-order valence-corrected chi connectivity index (χ2v) is 15.0. The number of carbonyl (C=O) groups is 2. The van der Waals surface area contributed by atoms with Gasteiger partial charge in [-0.2, -0.15) is 0 Å². The van der Waals surface area contributed by atoms with Gasteiger partial charge in [0.15, 0.2) is 5.03 Å². The van der Waals surface area contributed by atoms with Crippen LogP contribution in [0.3, 0.4) is 0 Å². The summed E-state index contributed by atoms with van der Waals surface area (Å²) in [7, 11) is -2.38. The van der Waals surface area contributed by atoms with Crippen LogP contribution in [0.25, 0.3) is 10.8 Å². The number of hydrogen-bond donors (Lipinski definition) is 1. The molecule has 12 heteroatoms. The first-order valence-electron chi connectivity index (χ1n) is 16.4. The molecule has 2 heterocycles. The molecule has 1 fully saturated rings. The Labute approximate surface area is 288 Å². The lowest BCUT2D eigenvalue weighted by Crippen LogP contribution is -2.47. The summed E-state index contributed by atoms with van der Waals surface area (Å²) in [6, 6.07) is 23.6. The number of benzene rings is 3. The van der Waals surface area contributed by atoms with E-state index in [4.69, 9.17) is 14.3 Å². The van der Waals surface area contributed by atoms with Gasteiger partial charge in [-0.15, -0.1) is 0 Å². The summed E-state index contributed by atoms with van der Waals surface area (Å²) in [6.45, 7) is 6.97. The zero-order chi connectivity index (χ0) is 35.0. The van der Waals surface area contributed by atoms with Crippen molar-refractivity contribution >= 4 is 32.6 Å². The first-order valence-corrected chi connectivity index (χ1v) is 17.9. The molecule has 1 aliphatic heterocycles. The van der Waals surface area contributed by atoms with Crippen LogP contribution >= 0.6 is 0 Å². The van der Waals surface area contributed by atoms with Gasteiger partial charge in [0.2, 0.25) is 15.7 Å². The van der Waals surface area contributed by atoms with E-state index in [0.717, 1.165) is 16.3 Å². The van der Waals surface area contributed by atoms with Crippen molar-refractivity contribution in [3.05, 3.63) is 96.2 Å². The molecule has 0 spiro atoms. The number of piperidine rings is 1. The molecular formula is C37H44N4O7S. The van der Waals surface area contributed by atoms with Crippen molar-refractivity contribution < 1.29 is 32.3 Å². The van der Waals surface area contributed by atoms with Gasteiger partial charge >= 0.3 is 6.09 Å². The van der Waals surface area contributed by atoms with E-state index in [1.165, 1.54) is 36.7 Å². The van der Waals surface area contributed by atoms with Crippen LogP contribution in [-0.4, -0.2) is 67.9 Å². The lowest BCUT2D eigenvalue weighted by Gasteiger charge is -2.32. The summed E-state index contributed by atoms with van der Waals surface area (Å²) < 4.78 is 37.3. The van der Waals surface area contributed by atoms with E-state index < -0.39 is 15.4 Å². The van der Waals surface area contributed by atoms with Crippen molar-refractivity contribution in [2.75, 3.05) is 26.8 Å². The number of nitrogens with one attached hydrogen (secondary N) is 1. The van der Waals surface area contributed by atoms with Crippen LogP contribution in [-0.2, 0) is 37.2 Å². The molecule has 1 aliphatic rings. The third-order valence-corrected chi connectivity index (χ3v) is 9.89. The highest BCUT2D eigenvalue weighted by atomic mass is 32.2. The first kappa shape index (κ1) is 35.8. The van der Waals surface area contributed by atoms with E-state index in [9.17, 15) is 18.0 Å². The molecule has 0 radical (unpaired) electrons. The van der Waals surface area contributed by atoms with E-state index in [2.05, 4.69) is 34.7 Å². The topological polar surface area (TPSA) is 127 Å². The van der Waals surface area contributed by atoms with Crippen LogP contribution in [0.15, 0.2) is 95.0 Å². The van der Waals surface area contributed by atoms with Gasteiger partial charge in [0.1, 0.15) is 5.75 Å². The second-order valence-electron chi connectivity index (χ2n) is 13.1. The van der Waals surface area contributed by atoms with Crippen LogP contribution in [0.2, 0.25) is 0 Å². The molecule has 4 aromatic rings. The summed E-state index contributed by atoms with van der Waals surface area (Å²) in [6.07, 6.45) is 3.31. The molecular weight excluding hydrogens is 644 g/mol. The average molecular weight is 689 g/mol. The molecule has 0 atom stereocenters. The van der Waals surface area contributed by atoms with Crippen LogP contribution in [0.5, 0.6) is 5.75 Å². The molecule has 0 aliphatic carbocycles. The summed E-state index contributed by atoms with van der Waals surface area (Å²) in [5.74, 6) is 0.391. The fourth-order valence-corrected chi connectivity index (χ4v) is 7.02. The van der Waals surface area contributed by atoms with Gasteiger partial charge in [-0.25, -0.2) is 18.2 Å². The lowest BCUT2D eigenvalue weighted by atomic mass is 9.93. The summed E-state index contributed by atoms with van der Waals surface area (Å²) >= 11 is 0. The Balaban J connectivity index is 1.12. The number of rotatable bonds is 12. The summed E-state index contributed by atoms with van der Waals surface area (Å²) in [4.78, 5) is 37.9. The van der Waals surface area contributed by atoms with E-state index in [1.807, 2.05) is 39.0 Å². The smallest absolute Gasteiger partial charge is 0.409 e. The molecule has 260 valence electrons. The van der Waals surface area contributed by atoms with Gasteiger partial charge in [-0.3, -0.25) is 15.1 Å². The van der Waals surface area contributed by atoms with E-state index in [-0.39, 0.29) is 40.8 Å². The van der Waals surface area contributed by atoms with Crippen molar-refractivity contribution in [2.45, 2.75) is 68.5 Å². The minimum atomic E-state index is -3.89. The molecule has 2 amide bonds. The zero-order valence-electron chi connectivity index (χ0n) is 28.4. The summed E-state index contributed by atoms with van der Waals surface area (Å²) in [5, 5.41) is 3.54. The number of nitrogens with zero attached hydrogens (tertiary/aromatic N) is 3. The monoisotopic (exact) mass is 688 g/mol. The Morgan fingerprint density at radius 3 is 2.41 bits per heavy atom. The van der Waals surface area contributed by atoms with Crippen LogP contribution in [0.1, 0.15) is 51.2 Å². The molecule has 0 unspecified atom stereocenters. The minimum absolute atomic E-state index is 0.0818. The van der Waals surface area contributed by atoms with Gasteiger partial charge in [0.25, 0.3) is 0 Å². The van der Waals surface area contributed by atoms with Gasteiger partial charge in [0, 0.05) is 32.1 Å². The minimum Gasteiger partial charge on any atom is -0.497 e. The third kappa shape index (κ3) is 9.78. The highest BCUT2D eigenvalue weighted by Gasteiger charge is 2.27. The number of pyridine rings is 1. The molecule has 0 bridgehead atoms. The van der Waals surface area contributed by atoms with Crippen molar-refractivity contribution in [3.63, 3.8) is 0 Å². The van der Waals surface area contributed by atoms with Crippen molar-refractivity contribution in [2.24, 2.45) is 5.92 Å². The largest absolute Gasteiger partial charge is 0.497 e. The second kappa shape index (κ2) is 15.8. The Morgan fingerprint density at radius 1 is 0.980 bits per heavy atom. The molecule has 49 heavy (non-hydrogen) atoms. The standard InChI is InChI=1S/C37H44N4O7S/c1-37(2,3)48-41(26-28-16-20-38-35(25-28)49(44,45)32-14-12-31(46-4)13-15-32)39-34(42)24-27-17-21-40(22-18-27)36(43)47-23-19-30-10-7-9-29-8-5-6-11-33(29)30/h5-16,20,25,27H,17-19,21-24,26H2,1-4H3,(H,39,42). The predicted octanol–water partition coefficient (Wildman–Crippen LogP) is 6.12. The molecule has 11 nitrogen and oxygen atoms in total. The first-order chi connectivity index (χ1) is 23.4. The van der Waals surface area contributed by atoms with Gasteiger partial charge < -0.3 is 14.4 Å². The van der Waals surface area contributed by atoms with E-state index in [1.54, 1.807) is 23.1 Å². The number of hydrazine groups is 1. The van der Waals surface area contributed by atoms with Crippen LogP contribution in [0, 0.1) is 5.92 Å². The Kier molecular flexibility index (Phi) is 11.5. The highest BCUT2D eigenvalue weighted by Crippen LogP contribution is 2.25. The molecule has 1 saturated heterocycles. The van der Waals surface area contributed by atoms with E-state index in [0.29, 0.717) is 50.3 Å². The Morgan fingerprint density at radius 2 is 1.69 bits per heavy atom. The molecule has 0 saturated carbocycles. The van der Waals surface area contributed by atoms with Crippen molar-refractivity contribution in [1.29, 1.82) is 0 Å². The van der Waals surface area contributed by atoms with Gasteiger partial charge in [0.05, 0.1) is 30.8 Å². The third-order valence-electron chi connectivity index (χ3n) is 8.23. The molecule has 1 N–H and O–H groups in total. The number of ether oxygens (including phenoxy) is 2. The number of amides is 2. The van der Waals surface area contributed by atoms with Gasteiger partial charge in [-0.05, 0) is 97.8 Å². The Bertz CT molecular complexity index is 1850. The fraction of sp³-hybridized carbons (Fsp3) is 0.378. The zero-order valence-corrected chi connectivity index (χ0v) is 29.2. The van der Waals surface area contributed by atoms with Crippen LogP contribution in [0.4, 0.5) is 4.79 Å². The predicted molar refractivity (Wildman–Crippen MR) is 185 cm³/mol. The molecule has 5 rings (SSSR count). The average Bonchev–Trinajstić information content (AvgIpc) is 3.08. The number of methoxy groups -OCH3 is 1. The summed E-state index contributed by atoms with van der Waals surface area (Å²) in [5.41, 5.74) is 3.93. The number of carbonyl (C=O) groups excluding carboxylic acids is 2. The number of likely N-dealkylation sites (tertiary alicyclic amines) is 1. The maximum atomic E-state index is 13.3. The maximum absolute atomic E-state index is 13.3. The fourth-order valence-electron chi connectivity index (χ4n) is 5.78.